The second-order valence-electron chi connectivity index (χ2n) is 3.28. The Labute approximate surface area is 109 Å². The summed E-state index contributed by atoms with van der Waals surface area (Å²) >= 11 is 0. The molecule has 1 aromatic rings. The maximum absolute atomic E-state index is 11.7. The number of hydrogen-bond donors (Lipinski definition) is 2. The van der Waals surface area contributed by atoms with E-state index in [1.165, 1.54) is 19.2 Å². The minimum atomic E-state index is -0.907. The fourth-order valence-electron chi connectivity index (χ4n) is 1.21. The molecule has 0 atom stereocenters. The van der Waals surface area contributed by atoms with Crippen molar-refractivity contribution in [2.75, 3.05) is 12.4 Å². The van der Waals surface area contributed by atoms with Crippen LogP contribution in [0.3, 0.4) is 0 Å². The lowest BCUT2D eigenvalue weighted by Gasteiger charge is -2.07. The predicted octanol–water partition coefficient (Wildman–Crippen LogP) is 1.02. The van der Waals surface area contributed by atoms with Crippen LogP contribution in [0.5, 0.6) is 0 Å². The molecule has 0 saturated heterocycles. The van der Waals surface area contributed by atoms with Crippen LogP contribution < -0.4 is 11.1 Å². The van der Waals surface area contributed by atoms with Crippen LogP contribution >= 0.6 is 0 Å². The summed E-state index contributed by atoms with van der Waals surface area (Å²) in [5.41, 5.74) is 5.13. The first kappa shape index (κ1) is 14.2. The molecule has 0 spiro atoms. The van der Waals surface area contributed by atoms with E-state index in [0.717, 1.165) is 12.3 Å². The molecule has 7 heteroatoms. The molecule has 0 aromatic heterocycles. The smallest absolute Gasteiger partial charge is 0.348 e. The van der Waals surface area contributed by atoms with Gasteiger partial charge in [-0.3, -0.25) is 0 Å². The Balaban J connectivity index is 2.84. The lowest BCUT2D eigenvalue weighted by molar-refractivity contribution is -0.132. The van der Waals surface area contributed by atoms with Gasteiger partial charge in [0, 0.05) is 0 Å². The number of nitrogens with one attached hydrogen (secondary N) is 1. The van der Waals surface area contributed by atoms with Crippen LogP contribution in [0.1, 0.15) is 10.4 Å². The number of carbonyl (C=O) groups excluding carboxylic acids is 3. The number of anilines is 1. The summed E-state index contributed by atoms with van der Waals surface area (Å²) in [6.07, 6.45) is 2.02. The fourth-order valence-corrected chi connectivity index (χ4v) is 1.21. The molecule has 0 radical (unpaired) electrons. The van der Waals surface area contributed by atoms with Crippen LogP contribution in [0, 0.1) is 0 Å². The number of benzene rings is 1. The first-order valence-electron chi connectivity index (χ1n) is 5.15. The predicted molar refractivity (Wildman–Crippen MR) is 66.2 cm³/mol. The molecule has 0 heterocycles. The van der Waals surface area contributed by atoms with Gasteiger partial charge in [-0.15, -0.1) is 0 Å². The monoisotopic (exact) mass is 264 g/mol. The Morgan fingerprint density at radius 1 is 1.26 bits per heavy atom. The zero-order valence-electron chi connectivity index (χ0n) is 10.1. The van der Waals surface area contributed by atoms with Crippen molar-refractivity contribution in [2.45, 2.75) is 0 Å². The Morgan fingerprint density at radius 3 is 2.58 bits per heavy atom. The van der Waals surface area contributed by atoms with E-state index < -0.39 is 18.0 Å². The van der Waals surface area contributed by atoms with Crippen LogP contribution in [-0.2, 0) is 14.3 Å². The molecule has 1 aromatic carbocycles. The third-order valence-corrected chi connectivity index (χ3v) is 1.94. The number of carbonyl (C=O) groups is 3. The highest BCUT2D eigenvalue weighted by Gasteiger charge is 2.15. The van der Waals surface area contributed by atoms with E-state index in [9.17, 15) is 14.4 Å². The molecule has 0 unspecified atom stereocenters. The SMILES string of the molecule is COC=CC(=O)OC(=O)c1ccccc1NC(N)=O. The molecule has 0 aliphatic heterocycles. The van der Waals surface area contributed by atoms with Crippen LogP contribution in [0.15, 0.2) is 36.6 Å². The molecule has 3 N–H and O–H groups in total. The van der Waals surface area contributed by atoms with Crippen molar-refractivity contribution in [1.82, 2.24) is 0 Å². The molecule has 1 rings (SSSR count). The van der Waals surface area contributed by atoms with E-state index in [1.54, 1.807) is 12.1 Å². The Kier molecular flexibility index (Phi) is 5.09. The number of urea groups is 1. The highest BCUT2D eigenvalue weighted by Crippen LogP contribution is 2.16. The van der Waals surface area contributed by atoms with E-state index in [1.807, 2.05) is 0 Å². The number of amides is 2. The van der Waals surface area contributed by atoms with Gasteiger partial charge in [-0.2, -0.15) is 0 Å². The van der Waals surface area contributed by atoms with E-state index in [4.69, 9.17) is 5.73 Å². The molecule has 0 aliphatic rings. The van der Waals surface area contributed by atoms with E-state index >= 15 is 0 Å². The maximum Gasteiger partial charge on any atom is 0.348 e. The van der Waals surface area contributed by atoms with Gasteiger partial charge in [0.15, 0.2) is 0 Å². The first-order valence-corrected chi connectivity index (χ1v) is 5.15. The maximum atomic E-state index is 11.7. The van der Waals surface area contributed by atoms with Gasteiger partial charge in [-0.05, 0) is 12.1 Å². The summed E-state index contributed by atoms with van der Waals surface area (Å²) in [7, 11) is 1.34. The second kappa shape index (κ2) is 6.80. The minimum absolute atomic E-state index is 0.0143. The zero-order valence-corrected chi connectivity index (χ0v) is 10.1. The molecule has 7 nitrogen and oxygen atoms in total. The molecule has 0 fully saturated rings. The average Bonchev–Trinajstić information content (AvgIpc) is 2.36. The van der Waals surface area contributed by atoms with Gasteiger partial charge < -0.3 is 20.5 Å². The molecule has 0 saturated carbocycles. The van der Waals surface area contributed by atoms with Crippen LogP contribution in [0.4, 0.5) is 10.5 Å². The molecule has 19 heavy (non-hydrogen) atoms. The number of nitrogens with two attached hydrogens (primary N) is 1. The molecular weight excluding hydrogens is 252 g/mol. The van der Waals surface area contributed by atoms with Gasteiger partial charge in [-0.25, -0.2) is 14.4 Å². The third-order valence-electron chi connectivity index (χ3n) is 1.94. The molecule has 2 amide bonds. The standard InChI is InChI=1S/C12H12N2O5/c1-18-7-6-10(15)19-11(16)8-4-2-3-5-9(8)14-12(13)17/h2-7H,1H3,(H3,13,14,17). The topological polar surface area (TPSA) is 108 Å². The summed E-state index contributed by atoms with van der Waals surface area (Å²) in [4.78, 5) is 33.7. The number of ether oxygens (including phenoxy) is 2. The number of esters is 2. The summed E-state index contributed by atoms with van der Waals surface area (Å²) in [5.74, 6) is -1.80. The van der Waals surface area contributed by atoms with Crippen LogP contribution in [-0.4, -0.2) is 25.1 Å². The van der Waals surface area contributed by atoms with Gasteiger partial charge in [0.25, 0.3) is 0 Å². The summed E-state index contributed by atoms with van der Waals surface area (Å²) < 4.78 is 9.03. The summed E-state index contributed by atoms with van der Waals surface area (Å²) in [6, 6.07) is 5.16. The number of primary amides is 1. The molecule has 0 bridgehead atoms. The van der Waals surface area contributed by atoms with E-state index in [-0.39, 0.29) is 11.3 Å². The highest BCUT2D eigenvalue weighted by molar-refractivity contribution is 6.05. The normalized spacial score (nSPS) is 9.95. The molecular formula is C12H12N2O5. The number of para-hydroxylation sites is 1. The average molecular weight is 264 g/mol. The van der Waals surface area contributed by atoms with Crippen molar-refractivity contribution < 1.29 is 23.9 Å². The zero-order chi connectivity index (χ0) is 14.3. The number of methoxy groups -OCH3 is 1. The van der Waals surface area contributed by atoms with Crippen molar-refractivity contribution in [2.24, 2.45) is 5.73 Å². The van der Waals surface area contributed by atoms with Crippen molar-refractivity contribution >= 4 is 23.7 Å². The lowest BCUT2D eigenvalue weighted by Crippen LogP contribution is -2.21. The van der Waals surface area contributed by atoms with Crippen LogP contribution in [0.25, 0.3) is 0 Å². The van der Waals surface area contributed by atoms with Crippen LogP contribution in [0.2, 0.25) is 0 Å². The number of hydrogen-bond acceptors (Lipinski definition) is 5. The Bertz CT molecular complexity index is 525. The lowest BCUT2D eigenvalue weighted by atomic mass is 10.2. The van der Waals surface area contributed by atoms with Gasteiger partial charge >= 0.3 is 18.0 Å². The van der Waals surface area contributed by atoms with Crippen molar-refractivity contribution in [1.29, 1.82) is 0 Å². The van der Waals surface area contributed by atoms with Crippen molar-refractivity contribution in [3.8, 4) is 0 Å². The van der Waals surface area contributed by atoms with Gasteiger partial charge in [0.05, 0.1) is 30.7 Å². The van der Waals surface area contributed by atoms with Crippen molar-refractivity contribution in [3.05, 3.63) is 42.2 Å². The summed E-state index contributed by atoms with van der Waals surface area (Å²) in [6.45, 7) is 0. The van der Waals surface area contributed by atoms with Gasteiger partial charge in [0.2, 0.25) is 0 Å². The third kappa shape index (κ3) is 4.50. The molecule has 100 valence electrons. The Morgan fingerprint density at radius 2 is 1.95 bits per heavy atom. The highest BCUT2D eigenvalue weighted by atomic mass is 16.6. The second-order valence-corrected chi connectivity index (χ2v) is 3.28. The van der Waals surface area contributed by atoms with E-state index in [2.05, 4.69) is 14.8 Å². The van der Waals surface area contributed by atoms with E-state index in [0.29, 0.717) is 0 Å². The van der Waals surface area contributed by atoms with Crippen molar-refractivity contribution in [3.63, 3.8) is 0 Å². The Hall–Kier alpha value is -2.83. The quantitative estimate of drug-likeness (QED) is 0.365. The van der Waals surface area contributed by atoms with Gasteiger partial charge in [-0.1, -0.05) is 12.1 Å². The number of rotatable bonds is 4. The molecule has 0 aliphatic carbocycles. The minimum Gasteiger partial charge on any atom is -0.504 e. The first-order chi connectivity index (χ1) is 9.04. The van der Waals surface area contributed by atoms with Gasteiger partial charge in [0.1, 0.15) is 0 Å². The largest absolute Gasteiger partial charge is 0.504 e. The fraction of sp³-hybridized carbons (Fsp3) is 0.0833. The summed E-state index contributed by atoms with van der Waals surface area (Å²) in [5, 5.41) is 2.25.